The van der Waals surface area contributed by atoms with Crippen LogP contribution in [0, 0.1) is 22.7 Å². The van der Waals surface area contributed by atoms with Crippen molar-refractivity contribution in [3.8, 4) is 28.5 Å². The van der Waals surface area contributed by atoms with Crippen LogP contribution in [0.25, 0.3) is 31.8 Å². The predicted molar refractivity (Wildman–Crippen MR) is 126 cm³/mol. The van der Waals surface area contributed by atoms with Crippen LogP contribution in [-0.4, -0.2) is 17.9 Å². The van der Waals surface area contributed by atoms with Crippen LogP contribution in [0.4, 0.5) is 0 Å². The molecule has 2 heterocycles. The molecule has 4 aromatic rings. The van der Waals surface area contributed by atoms with E-state index in [0.717, 1.165) is 30.7 Å². The van der Waals surface area contributed by atoms with Gasteiger partial charge in [0.1, 0.15) is 33.3 Å². The molecular formula is C25H13N3O2S2. The molecule has 1 aliphatic rings. The number of ketones is 1. The van der Waals surface area contributed by atoms with Gasteiger partial charge in [-0.05, 0) is 42.0 Å². The first kappa shape index (κ1) is 19.9. The van der Waals surface area contributed by atoms with Gasteiger partial charge in [-0.3, -0.25) is 4.79 Å². The topological polar surface area (TPSA) is 86.8 Å². The van der Waals surface area contributed by atoms with Gasteiger partial charge in [0, 0.05) is 27.2 Å². The molecule has 0 saturated carbocycles. The van der Waals surface area contributed by atoms with Crippen molar-refractivity contribution in [1.82, 2.24) is 4.98 Å². The SMILES string of the molecule is COc1ccc(-c2nc3sc(/C=C4\C(=O)c5ccccc5C4=C(C#N)C#N)cc3s2)cc1. The highest BCUT2D eigenvalue weighted by molar-refractivity contribution is 7.29. The molecule has 0 radical (unpaired) electrons. The molecule has 1 aliphatic carbocycles. The molecule has 2 aromatic heterocycles. The molecule has 5 rings (SSSR count). The number of methoxy groups -OCH3 is 1. The second-order valence-electron chi connectivity index (χ2n) is 6.97. The van der Waals surface area contributed by atoms with Crippen molar-refractivity contribution in [3.63, 3.8) is 0 Å². The van der Waals surface area contributed by atoms with E-state index in [1.165, 1.54) is 11.3 Å². The van der Waals surface area contributed by atoms with Crippen molar-refractivity contribution in [2.45, 2.75) is 0 Å². The molecule has 0 spiro atoms. The van der Waals surface area contributed by atoms with E-state index >= 15 is 0 Å². The lowest BCUT2D eigenvalue weighted by atomic mass is 9.99. The minimum absolute atomic E-state index is 0.0622. The third kappa shape index (κ3) is 3.21. The second kappa shape index (κ2) is 7.90. The number of benzene rings is 2. The minimum Gasteiger partial charge on any atom is -0.497 e. The first-order valence-corrected chi connectivity index (χ1v) is 11.2. The van der Waals surface area contributed by atoms with Crippen LogP contribution in [0.3, 0.4) is 0 Å². The summed E-state index contributed by atoms with van der Waals surface area (Å²) in [6, 6.07) is 20.7. The fourth-order valence-electron chi connectivity index (χ4n) is 3.67. The lowest BCUT2D eigenvalue weighted by Gasteiger charge is -2.01. The van der Waals surface area contributed by atoms with Gasteiger partial charge in [-0.15, -0.1) is 22.7 Å². The normalized spacial score (nSPS) is 13.8. The fraction of sp³-hybridized carbons (Fsp3) is 0.0400. The standard InChI is InChI=1S/C25H13N3O2S2/c1-30-16-8-6-14(7-9-16)24-28-25-21(32-24)11-17(31-25)10-20-22(15(12-26)13-27)18-4-2-3-5-19(18)23(20)29/h2-11H,1H3/b20-10-. The summed E-state index contributed by atoms with van der Waals surface area (Å²) < 4.78 is 6.22. The number of nitrogens with zero attached hydrogens (tertiary/aromatic N) is 3. The predicted octanol–water partition coefficient (Wildman–Crippen LogP) is 6.11. The molecule has 2 aromatic carbocycles. The smallest absolute Gasteiger partial charge is 0.194 e. The highest BCUT2D eigenvalue weighted by Gasteiger charge is 2.32. The van der Waals surface area contributed by atoms with Gasteiger partial charge in [-0.25, -0.2) is 4.98 Å². The minimum atomic E-state index is -0.178. The van der Waals surface area contributed by atoms with Crippen molar-refractivity contribution < 1.29 is 9.53 Å². The molecule has 0 amide bonds. The Labute approximate surface area is 191 Å². The van der Waals surface area contributed by atoms with E-state index in [1.807, 2.05) is 42.5 Å². The molecule has 0 saturated heterocycles. The number of rotatable bonds is 3. The number of fused-ring (bicyclic) bond motifs is 2. The van der Waals surface area contributed by atoms with E-state index in [1.54, 1.807) is 48.8 Å². The monoisotopic (exact) mass is 451 g/mol. The van der Waals surface area contributed by atoms with E-state index in [4.69, 9.17) is 9.72 Å². The quantitative estimate of drug-likeness (QED) is 0.277. The number of thiazole rings is 1. The Morgan fingerprint density at radius 1 is 1.03 bits per heavy atom. The van der Waals surface area contributed by atoms with E-state index in [0.29, 0.717) is 22.3 Å². The fourth-order valence-corrected chi connectivity index (χ4v) is 5.84. The first-order valence-electron chi connectivity index (χ1n) is 9.58. The Kier molecular flexibility index (Phi) is 4.91. The number of hydrogen-bond acceptors (Lipinski definition) is 7. The summed E-state index contributed by atoms with van der Waals surface area (Å²) >= 11 is 3.05. The number of carbonyl (C=O) groups is 1. The van der Waals surface area contributed by atoms with Crippen LogP contribution in [0.1, 0.15) is 20.8 Å². The zero-order valence-electron chi connectivity index (χ0n) is 16.7. The summed E-state index contributed by atoms with van der Waals surface area (Å²) in [5, 5.41) is 19.8. The zero-order chi connectivity index (χ0) is 22.2. The van der Waals surface area contributed by atoms with Gasteiger partial charge in [-0.1, -0.05) is 24.3 Å². The number of aromatic nitrogens is 1. The number of carbonyl (C=O) groups excluding carboxylic acids is 1. The van der Waals surface area contributed by atoms with Gasteiger partial charge in [0.05, 0.1) is 11.8 Å². The largest absolute Gasteiger partial charge is 0.497 e. The van der Waals surface area contributed by atoms with E-state index in [-0.39, 0.29) is 11.4 Å². The van der Waals surface area contributed by atoms with Crippen LogP contribution in [0.2, 0.25) is 0 Å². The van der Waals surface area contributed by atoms with Gasteiger partial charge < -0.3 is 4.74 Å². The van der Waals surface area contributed by atoms with Gasteiger partial charge in [0.15, 0.2) is 5.78 Å². The summed E-state index contributed by atoms with van der Waals surface area (Å²) in [5.74, 6) is 0.614. The van der Waals surface area contributed by atoms with Gasteiger partial charge in [0.2, 0.25) is 0 Å². The third-order valence-corrected chi connectivity index (χ3v) is 7.32. The number of allylic oxidation sites excluding steroid dienone is 3. The maximum Gasteiger partial charge on any atom is 0.194 e. The number of nitriles is 2. The van der Waals surface area contributed by atoms with Crippen molar-refractivity contribution in [3.05, 3.63) is 81.7 Å². The Hall–Kier alpha value is -4.04. The highest BCUT2D eigenvalue weighted by atomic mass is 32.1. The summed E-state index contributed by atoms with van der Waals surface area (Å²) in [7, 11) is 1.63. The molecule has 7 heteroatoms. The Morgan fingerprint density at radius 2 is 1.75 bits per heavy atom. The van der Waals surface area contributed by atoms with E-state index in [9.17, 15) is 15.3 Å². The number of hydrogen-bond donors (Lipinski definition) is 0. The molecule has 0 aliphatic heterocycles. The molecule has 32 heavy (non-hydrogen) atoms. The third-order valence-electron chi connectivity index (χ3n) is 5.16. The molecule has 0 bridgehead atoms. The molecule has 5 nitrogen and oxygen atoms in total. The maximum absolute atomic E-state index is 13.1. The highest BCUT2D eigenvalue weighted by Crippen LogP contribution is 2.42. The van der Waals surface area contributed by atoms with Gasteiger partial charge >= 0.3 is 0 Å². The lowest BCUT2D eigenvalue weighted by Crippen LogP contribution is -1.95. The molecule has 0 N–H and O–H groups in total. The van der Waals surface area contributed by atoms with E-state index in [2.05, 4.69) is 0 Å². The van der Waals surface area contributed by atoms with Crippen molar-refractivity contribution in [2.24, 2.45) is 0 Å². The van der Waals surface area contributed by atoms with E-state index < -0.39 is 0 Å². The maximum atomic E-state index is 13.1. The average Bonchev–Trinajstić information content (AvgIpc) is 3.47. The number of ether oxygens (including phenoxy) is 1. The van der Waals surface area contributed by atoms with Crippen LogP contribution in [0.5, 0.6) is 5.75 Å². The Balaban J connectivity index is 1.57. The summed E-state index contributed by atoms with van der Waals surface area (Å²) in [4.78, 5) is 19.5. The van der Waals surface area contributed by atoms with Crippen molar-refractivity contribution in [2.75, 3.05) is 7.11 Å². The second-order valence-corrected chi connectivity index (χ2v) is 9.06. The number of thiophene rings is 1. The van der Waals surface area contributed by atoms with Crippen molar-refractivity contribution in [1.29, 1.82) is 10.5 Å². The molecule has 0 unspecified atom stereocenters. The molecule has 0 fully saturated rings. The van der Waals surface area contributed by atoms with Gasteiger partial charge in [-0.2, -0.15) is 10.5 Å². The average molecular weight is 452 g/mol. The number of Topliss-reactive ketones (excluding diaryl/α,β-unsaturated/α-hetero) is 1. The van der Waals surface area contributed by atoms with Crippen LogP contribution in [-0.2, 0) is 0 Å². The molecular weight excluding hydrogens is 438 g/mol. The molecule has 152 valence electrons. The van der Waals surface area contributed by atoms with Crippen LogP contribution < -0.4 is 4.74 Å². The van der Waals surface area contributed by atoms with Crippen molar-refractivity contribution >= 4 is 49.6 Å². The Bertz CT molecular complexity index is 1490. The summed E-state index contributed by atoms with van der Waals surface area (Å²) in [6.07, 6.45) is 1.76. The van der Waals surface area contributed by atoms with Gasteiger partial charge in [0.25, 0.3) is 0 Å². The lowest BCUT2D eigenvalue weighted by molar-refractivity contribution is 0.104. The van der Waals surface area contributed by atoms with Crippen LogP contribution >= 0.6 is 22.7 Å². The molecule has 0 atom stereocenters. The summed E-state index contributed by atoms with van der Waals surface area (Å²) in [5.41, 5.74) is 2.86. The Morgan fingerprint density at radius 3 is 2.41 bits per heavy atom. The zero-order valence-corrected chi connectivity index (χ0v) is 18.4. The van der Waals surface area contributed by atoms with Crippen LogP contribution in [0.15, 0.2) is 65.7 Å². The first-order chi connectivity index (χ1) is 15.6. The summed E-state index contributed by atoms with van der Waals surface area (Å²) in [6.45, 7) is 0.